The Morgan fingerprint density at radius 2 is 1.86 bits per heavy atom. The molecule has 6 nitrogen and oxygen atoms in total. The molecule has 7 heteroatoms. The molecule has 1 aromatic carbocycles. The fourth-order valence-corrected chi connectivity index (χ4v) is 4.00. The number of piperidine rings is 1. The monoisotopic (exact) mass is 385 g/mol. The molecule has 2 saturated heterocycles. The van der Waals surface area contributed by atoms with Crippen molar-refractivity contribution in [2.45, 2.75) is 25.3 Å². The highest BCUT2D eigenvalue weighted by atomic mass is 19.1. The standard InChI is InChI=1S/C21H28FN5O/c22-18-6-4-5-17(13-18)19(26-9-11-28-12-10-26)15-23-20-14-21(25-16-24-20)27-7-2-1-3-8-27/h4-6,13-14,16,19H,1-3,7-12,15H2,(H,23,24,25). The number of benzene rings is 1. The van der Waals surface area contributed by atoms with Gasteiger partial charge in [-0.05, 0) is 37.0 Å². The first-order valence-corrected chi connectivity index (χ1v) is 10.2. The Balaban J connectivity index is 1.48. The Labute approximate surface area is 165 Å². The van der Waals surface area contributed by atoms with Gasteiger partial charge >= 0.3 is 0 Å². The number of ether oxygens (including phenoxy) is 1. The van der Waals surface area contributed by atoms with Gasteiger partial charge in [0.2, 0.25) is 0 Å². The van der Waals surface area contributed by atoms with Crippen LogP contribution in [0.25, 0.3) is 0 Å². The molecular formula is C21H28FN5O. The van der Waals surface area contributed by atoms with Gasteiger partial charge in [-0.3, -0.25) is 4.90 Å². The molecule has 1 atom stereocenters. The summed E-state index contributed by atoms with van der Waals surface area (Å²) in [5.74, 6) is 1.58. The molecule has 28 heavy (non-hydrogen) atoms. The van der Waals surface area contributed by atoms with Crippen LogP contribution < -0.4 is 10.2 Å². The molecule has 0 amide bonds. The lowest BCUT2D eigenvalue weighted by molar-refractivity contribution is 0.0186. The van der Waals surface area contributed by atoms with Crippen molar-refractivity contribution in [1.82, 2.24) is 14.9 Å². The van der Waals surface area contributed by atoms with Crippen LogP contribution >= 0.6 is 0 Å². The molecule has 2 fully saturated rings. The number of nitrogens with zero attached hydrogens (tertiary/aromatic N) is 4. The minimum atomic E-state index is -0.204. The molecule has 3 heterocycles. The van der Waals surface area contributed by atoms with Crippen LogP contribution in [0.3, 0.4) is 0 Å². The van der Waals surface area contributed by atoms with Gasteiger partial charge in [0.05, 0.1) is 19.3 Å². The summed E-state index contributed by atoms with van der Waals surface area (Å²) in [6.45, 7) is 5.85. The highest BCUT2D eigenvalue weighted by Crippen LogP contribution is 2.24. The lowest BCUT2D eigenvalue weighted by Crippen LogP contribution is -2.41. The Kier molecular flexibility index (Phi) is 6.34. The second-order valence-electron chi connectivity index (χ2n) is 7.41. The summed E-state index contributed by atoms with van der Waals surface area (Å²) in [7, 11) is 0. The number of morpholine rings is 1. The first-order valence-electron chi connectivity index (χ1n) is 10.2. The van der Waals surface area contributed by atoms with Gasteiger partial charge in [0.25, 0.3) is 0 Å². The van der Waals surface area contributed by atoms with Crippen molar-refractivity contribution in [1.29, 1.82) is 0 Å². The second-order valence-corrected chi connectivity index (χ2v) is 7.41. The zero-order valence-electron chi connectivity index (χ0n) is 16.2. The number of anilines is 2. The van der Waals surface area contributed by atoms with E-state index in [1.807, 2.05) is 12.1 Å². The lowest BCUT2D eigenvalue weighted by atomic mass is 10.0. The van der Waals surface area contributed by atoms with Crippen LogP contribution in [-0.4, -0.2) is 60.8 Å². The van der Waals surface area contributed by atoms with Crippen LogP contribution in [0, 0.1) is 5.82 Å². The van der Waals surface area contributed by atoms with E-state index in [9.17, 15) is 4.39 Å². The zero-order valence-corrected chi connectivity index (χ0v) is 16.2. The third-order valence-electron chi connectivity index (χ3n) is 5.53. The Bertz CT molecular complexity index is 762. The summed E-state index contributed by atoms with van der Waals surface area (Å²) < 4.78 is 19.3. The van der Waals surface area contributed by atoms with E-state index < -0.39 is 0 Å². The summed E-state index contributed by atoms with van der Waals surface area (Å²) in [4.78, 5) is 13.5. The van der Waals surface area contributed by atoms with Crippen molar-refractivity contribution in [3.8, 4) is 0 Å². The molecular weight excluding hydrogens is 357 g/mol. The maximum absolute atomic E-state index is 13.8. The summed E-state index contributed by atoms with van der Waals surface area (Å²) in [6, 6.07) is 8.96. The number of nitrogens with one attached hydrogen (secondary N) is 1. The van der Waals surface area contributed by atoms with Crippen LogP contribution in [-0.2, 0) is 4.74 Å². The van der Waals surface area contributed by atoms with Gasteiger partial charge < -0.3 is 15.0 Å². The Morgan fingerprint density at radius 3 is 2.64 bits per heavy atom. The third-order valence-corrected chi connectivity index (χ3v) is 5.53. The van der Waals surface area contributed by atoms with Gasteiger partial charge in [0, 0.05) is 38.8 Å². The molecule has 1 unspecified atom stereocenters. The van der Waals surface area contributed by atoms with Crippen molar-refractivity contribution in [2.24, 2.45) is 0 Å². The smallest absolute Gasteiger partial charge is 0.134 e. The fourth-order valence-electron chi connectivity index (χ4n) is 4.00. The molecule has 150 valence electrons. The highest BCUT2D eigenvalue weighted by molar-refractivity contribution is 5.48. The molecule has 4 rings (SSSR count). The summed E-state index contributed by atoms with van der Waals surface area (Å²) in [5, 5.41) is 3.46. The topological polar surface area (TPSA) is 53.5 Å². The number of rotatable bonds is 6. The van der Waals surface area contributed by atoms with Crippen molar-refractivity contribution in [2.75, 3.05) is 56.2 Å². The third kappa shape index (κ3) is 4.77. The molecule has 0 saturated carbocycles. The molecule has 2 aromatic rings. The molecule has 1 N–H and O–H groups in total. The summed E-state index contributed by atoms with van der Waals surface area (Å²) >= 11 is 0. The predicted octanol–water partition coefficient (Wildman–Crippen LogP) is 3.09. The van der Waals surface area contributed by atoms with Crippen molar-refractivity contribution in [3.05, 3.63) is 48.0 Å². The molecule has 0 radical (unpaired) electrons. The van der Waals surface area contributed by atoms with Gasteiger partial charge in [0.1, 0.15) is 23.8 Å². The predicted molar refractivity (Wildman–Crippen MR) is 108 cm³/mol. The average Bonchev–Trinajstić information content (AvgIpc) is 2.76. The second kappa shape index (κ2) is 9.30. The van der Waals surface area contributed by atoms with Crippen LogP contribution in [0.5, 0.6) is 0 Å². The fraction of sp³-hybridized carbons (Fsp3) is 0.524. The molecule has 0 spiro atoms. The van der Waals surface area contributed by atoms with Gasteiger partial charge in [-0.2, -0.15) is 0 Å². The van der Waals surface area contributed by atoms with Crippen molar-refractivity contribution in [3.63, 3.8) is 0 Å². The van der Waals surface area contributed by atoms with Gasteiger partial charge in [-0.1, -0.05) is 12.1 Å². The first kappa shape index (κ1) is 19.1. The SMILES string of the molecule is Fc1cccc(C(CNc2cc(N3CCCCC3)ncn2)N2CCOCC2)c1. The van der Waals surface area contributed by atoms with E-state index in [0.29, 0.717) is 19.8 Å². The molecule has 0 aliphatic carbocycles. The van der Waals surface area contributed by atoms with Gasteiger partial charge in [0.15, 0.2) is 0 Å². The Hall–Kier alpha value is -2.25. The minimum Gasteiger partial charge on any atom is -0.379 e. The molecule has 1 aromatic heterocycles. The quantitative estimate of drug-likeness (QED) is 0.825. The van der Waals surface area contributed by atoms with Crippen LogP contribution in [0.2, 0.25) is 0 Å². The van der Waals surface area contributed by atoms with E-state index in [2.05, 4.69) is 25.1 Å². The number of halogens is 1. The summed E-state index contributed by atoms with van der Waals surface area (Å²) in [5.41, 5.74) is 0.972. The first-order chi connectivity index (χ1) is 13.8. The van der Waals surface area contributed by atoms with E-state index >= 15 is 0 Å². The van der Waals surface area contributed by atoms with Crippen LogP contribution in [0.1, 0.15) is 30.9 Å². The Morgan fingerprint density at radius 1 is 1.04 bits per heavy atom. The maximum atomic E-state index is 13.8. The van der Waals surface area contributed by atoms with Crippen LogP contribution in [0.15, 0.2) is 36.7 Å². The average molecular weight is 385 g/mol. The molecule has 2 aliphatic rings. The maximum Gasteiger partial charge on any atom is 0.134 e. The van der Waals surface area contributed by atoms with Gasteiger partial charge in [-0.15, -0.1) is 0 Å². The molecule has 0 bridgehead atoms. The lowest BCUT2D eigenvalue weighted by Gasteiger charge is -2.35. The zero-order chi connectivity index (χ0) is 19.2. The summed E-state index contributed by atoms with van der Waals surface area (Å²) in [6.07, 6.45) is 5.34. The van der Waals surface area contributed by atoms with Crippen LogP contribution in [0.4, 0.5) is 16.0 Å². The number of hydrogen-bond acceptors (Lipinski definition) is 6. The van der Waals surface area contributed by atoms with E-state index in [1.165, 1.54) is 25.3 Å². The molecule has 2 aliphatic heterocycles. The van der Waals surface area contributed by atoms with E-state index in [4.69, 9.17) is 4.74 Å². The highest BCUT2D eigenvalue weighted by Gasteiger charge is 2.23. The van der Waals surface area contributed by atoms with E-state index in [-0.39, 0.29) is 11.9 Å². The van der Waals surface area contributed by atoms with E-state index in [1.54, 1.807) is 18.5 Å². The normalized spacial score (nSPS) is 19.4. The minimum absolute atomic E-state index is 0.0630. The number of aromatic nitrogens is 2. The van der Waals surface area contributed by atoms with E-state index in [0.717, 1.165) is 43.4 Å². The van der Waals surface area contributed by atoms with Crippen molar-refractivity contribution >= 4 is 11.6 Å². The van der Waals surface area contributed by atoms with Gasteiger partial charge in [-0.25, -0.2) is 14.4 Å². The van der Waals surface area contributed by atoms with Crippen molar-refractivity contribution < 1.29 is 9.13 Å². The largest absolute Gasteiger partial charge is 0.379 e. The number of hydrogen-bond donors (Lipinski definition) is 1.